The Morgan fingerprint density at radius 2 is 1.85 bits per heavy atom. The van der Waals surface area contributed by atoms with E-state index in [-0.39, 0.29) is 5.75 Å². The van der Waals surface area contributed by atoms with E-state index in [9.17, 15) is 8.42 Å². The van der Waals surface area contributed by atoms with Crippen LogP contribution in [-0.2, 0) is 21.0 Å². The van der Waals surface area contributed by atoms with E-state index in [0.717, 1.165) is 12.8 Å². The maximum Gasteiger partial charge on any atom is 0.178 e. The third kappa shape index (κ3) is 3.61. The van der Waals surface area contributed by atoms with E-state index in [0.29, 0.717) is 29.4 Å². The number of sulfone groups is 1. The zero-order valence-electron chi connectivity index (χ0n) is 12.5. The van der Waals surface area contributed by atoms with E-state index in [2.05, 4.69) is 13.8 Å². The molecule has 20 heavy (non-hydrogen) atoms. The lowest BCUT2D eigenvalue weighted by Gasteiger charge is -2.09. The van der Waals surface area contributed by atoms with Gasteiger partial charge in [0, 0.05) is 0 Å². The summed E-state index contributed by atoms with van der Waals surface area (Å²) in [5.41, 5.74) is 1.18. The molecule has 3 nitrogen and oxygen atoms in total. The number of rotatable bonds is 7. The summed E-state index contributed by atoms with van der Waals surface area (Å²) in [5.74, 6) is 0.703. The topological polar surface area (TPSA) is 46.7 Å². The number of epoxide rings is 1. The number of hydrogen-bond acceptors (Lipinski definition) is 3. The summed E-state index contributed by atoms with van der Waals surface area (Å²) in [4.78, 5) is 0.435. The molecule has 1 heterocycles. The van der Waals surface area contributed by atoms with Gasteiger partial charge in [-0.2, -0.15) is 0 Å². The van der Waals surface area contributed by atoms with Crippen molar-refractivity contribution in [3.63, 3.8) is 0 Å². The van der Waals surface area contributed by atoms with Crippen LogP contribution in [0.2, 0.25) is 0 Å². The molecule has 3 atom stereocenters. The van der Waals surface area contributed by atoms with Gasteiger partial charge < -0.3 is 4.74 Å². The first-order valence-electron chi connectivity index (χ1n) is 7.45. The van der Waals surface area contributed by atoms with Crippen molar-refractivity contribution in [3.8, 4) is 0 Å². The lowest BCUT2D eigenvalue weighted by atomic mass is 9.96. The average Bonchev–Trinajstić information content (AvgIpc) is 3.19. The van der Waals surface area contributed by atoms with Crippen LogP contribution in [0, 0.1) is 5.92 Å². The third-order valence-corrected chi connectivity index (χ3v) is 5.83. The lowest BCUT2D eigenvalue weighted by molar-refractivity contribution is 0.322. The van der Waals surface area contributed by atoms with Crippen LogP contribution in [0.3, 0.4) is 0 Å². The first-order valence-corrected chi connectivity index (χ1v) is 9.10. The molecule has 0 N–H and O–H groups in total. The smallest absolute Gasteiger partial charge is 0.178 e. The van der Waals surface area contributed by atoms with Crippen LogP contribution in [0.1, 0.15) is 39.2 Å². The highest BCUT2D eigenvalue weighted by Crippen LogP contribution is 2.33. The molecule has 0 saturated carbocycles. The van der Waals surface area contributed by atoms with Gasteiger partial charge in [-0.15, -0.1) is 0 Å². The largest absolute Gasteiger partial charge is 0.369 e. The fourth-order valence-corrected chi connectivity index (χ4v) is 4.02. The van der Waals surface area contributed by atoms with Gasteiger partial charge in [0.15, 0.2) is 9.84 Å². The van der Waals surface area contributed by atoms with Crippen molar-refractivity contribution >= 4 is 9.84 Å². The van der Waals surface area contributed by atoms with Gasteiger partial charge in [0.05, 0.1) is 22.9 Å². The minimum atomic E-state index is -3.10. The van der Waals surface area contributed by atoms with Crippen molar-refractivity contribution in [1.82, 2.24) is 0 Å². The SMILES string of the molecule is CCCS(=O)(=O)c1ccc(CC(C)C2OC2CC)cc1. The zero-order chi connectivity index (χ0) is 14.8. The van der Waals surface area contributed by atoms with E-state index >= 15 is 0 Å². The van der Waals surface area contributed by atoms with Crippen LogP contribution < -0.4 is 0 Å². The van der Waals surface area contributed by atoms with Crippen molar-refractivity contribution in [3.05, 3.63) is 29.8 Å². The Morgan fingerprint density at radius 1 is 1.20 bits per heavy atom. The van der Waals surface area contributed by atoms with Crippen molar-refractivity contribution in [2.75, 3.05) is 5.75 Å². The zero-order valence-corrected chi connectivity index (χ0v) is 13.3. The molecular formula is C16H24O3S. The molecule has 1 aromatic carbocycles. The summed E-state index contributed by atoms with van der Waals surface area (Å²) in [6.07, 6.45) is 3.47. The molecule has 0 amide bonds. The van der Waals surface area contributed by atoms with E-state index in [4.69, 9.17) is 4.74 Å². The molecule has 0 bridgehead atoms. The molecule has 1 aromatic rings. The van der Waals surface area contributed by atoms with Gasteiger partial charge in [-0.3, -0.25) is 0 Å². The van der Waals surface area contributed by atoms with Crippen LogP contribution in [0.5, 0.6) is 0 Å². The molecule has 0 aromatic heterocycles. The fraction of sp³-hybridized carbons (Fsp3) is 0.625. The van der Waals surface area contributed by atoms with Crippen molar-refractivity contribution in [1.29, 1.82) is 0 Å². The molecule has 0 radical (unpaired) electrons. The average molecular weight is 296 g/mol. The van der Waals surface area contributed by atoms with Gasteiger partial charge in [-0.05, 0) is 42.9 Å². The number of hydrogen-bond donors (Lipinski definition) is 0. The molecule has 4 heteroatoms. The van der Waals surface area contributed by atoms with Gasteiger partial charge in [0.2, 0.25) is 0 Å². The Kier molecular flexibility index (Phi) is 4.86. The van der Waals surface area contributed by atoms with Gasteiger partial charge in [0.1, 0.15) is 0 Å². The quantitative estimate of drug-likeness (QED) is 0.726. The van der Waals surface area contributed by atoms with Gasteiger partial charge in [-0.25, -0.2) is 8.42 Å². The van der Waals surface area contributed by atoms with E-state index in [1.54, 1.807) is 12.1 Å². The van der Waals surface area contributed by atoms with E-state index in [1.807, 2.05) is 19.1 Å². The summed E-state index contributed by atoms with van der Waals surface area (Å²) in [5, 5.41) is 0. The number of benzene rings is 1. The van der Waals surface area contributed by atoms with E-state index in [1.165, 1.54) is 5.56 Å². The fourth-order valence-electron chi connectivity index (χ4n) is 2.69. The normalized spacial score (nSPS) is 23.6. The summed E-state index contributed by atoms with van der Waals surface area (Å²) in [6, 6.07) is 7.33. The predicted molar refractivity (Wildman–Crippen MR) is 80.6 cm³/mol. The Bertz CT molecular complexity index is 533. The Balaban J connectivity index is 1.98. The maximum atomic E-state index is 11.9. The van der Waals surface area contributed by atoms with Crippen LogP contribution in [0.4, 0.5) is 0 Å². The van der Waals surface area contributed by atoms with Crippen molar-refractivity contribution in [2.45, 2.75) is 57.1 Å². The first-order chi connectivity index (χ1) is 9.47. The molecule has 2 rings (SSSR count). The van der Waals surface area contributed by atoms with Crippen molar-refractivity contribution in [2.24, 2.45) is 5.92 Å². The second-order valence-electron chi connectivity index (χ2n) is 5.69. The van der Waals surface area contributed by atoms with Crippen LogP contribution in [0.15, 0.2) is 29.2 Å². The van der Waals surface area contributed by atoms with Gasteiger partial charge in [0.25, 0.3) is 0 Å². The summed E-state index contributed by atoms with van der Waals surface area (Å²) < 4.78 is 29.5. The Labute approximate surface area is 122 Å². The van der Waals surface area contributed by atoms with Crippen LogP contribution in [0.25, 0.3) is 0 Å². The minimum Gasteiger partial charge on any atom is -0.369 e. The Morgan fingerprint density at radius 3 is 2.35 bits per heavy atom. The van der Waals surface area contributed by atoms with Gasteiger partial charge >= 0.3 is 0 Å². The first kappa shape index (κ1) is 15.5. The predicted octanol–water partition coefficient (Wildman–Crippen LogP) is 3.23. The van der Waals surface area contributed by atoms with Gasteiger partial charge in [-0.1, -0.05) is 32.9 Å². The molecule has 0 aliphatic carbocycles. The molecule has 0 spiro atoms. The molecule has 112 valence electrons. The van der Waals surface area contributed by atoms with Crippen LogP contribution >= 0.6 is 0 Å². The summed E-state index contributed by atoms with van der Waals surface area (Å²) in [6.45, 7) is 6.22. The highest BCUT2D eigenvalue weighted by Gasteiger charge is 2.40. The van der Waals surface area contributed by atoms with Crippen LogP contribution in [-0.4, -0.2) is 26.4 Å². The molecule has 1 saturated heterocycles. The van der Waals surface area contributed by atoms with Crippen molar-refractivity contribution < 1.29 is 13.2 Å². The Hall–Kier alpha value is -0.870. The standard InChI is InChI=1S/C16H24O3S/c1-4-10-20(17,18)14-8-6-13(7-9-14)11-12(3)16-15(5-2)19-16/h6-9,12,15-16H,4-5,10-11H2,1-3H3. The summed E-state index contributed by atoms with van der Waals surface area (Å²) >= 11 is 0. The second kappa shape index (κ2) is 6.27. The minimum absolute atomic E-state index is 0.219. The molecule has 1 fully saturated rings. The molecule has 1 aliphatic heterocycles. The molecule has 1 aliphatic rings. The second-order valence-corrected chi connectivity index (χ2v) is 7.80. The number of ether oxygens (including phenoxy) is 1. The maximum absolute atomic E-state index is 11.9. The highest BCUT2D eigenvalue weighted by atomic mass is 32.2. The summed E-state index contributed by atoms with van der Waals surface area (Å²) in [7, 11) is -3.10. The molecular weight excluding hydrogens is 272 g/mol. The monoisotopic (exact) mass is 296 g/mol. The highest BCUT2D eigenvalue weighted by molar-refractivity contribution is 7.91. The van der Waals surface area contributed by atoms with E-state index < -0.39 is 9.84 Å². The lowest BCUT2D eigenvalue weighted by Crippen LogP contribution is -2.10. The molecule has 3 unspecified atom stereocenters. The third-order valence-electron chi connectivity index (χ3n) is 3.90.